The molecular weight excluding hydrogens is 336 g/mol. The Kier molecular flexibility index (Phi) is 3.82. The molecule has 3 rings (SSSR count). The normalized spacial score (nSPS) is 18.1. The number of aryl methyl sites for hydroxylation is 1. The molecule has 1 saturated heterocycles. The summed E-state index contributed by atoms with van der Waals surface area (Å²) in [6.07, 6.45) is 2.41. The smallest absolute Gasteiger partial charge is 0.339 e. The molecule has 2 heterocycles. The molecule has 21 heavy (non-hydrogen) atoms. The van der Waals surface area contributed by atoms with Gasteiger partial charge in [0.1, 0.15) is 5.56 Å². The molecule has 1 aliphatic rings. The van der Waals surface area contributed by atoms with Gasteiger partial charge in [0.25, 0.3) is 0 Å². The standard InChI is InChI=1S/C15H15BrN2O3/c1-9-6-11(16)2-3-13(9)18-7-12(15(19)20)14(17-18)10-4-5-21-8-10/h2-3,6-7,10H,4-5,8H2,1H3,(H,19,20). The molecule has 5 nitrogen and oxygen atoms in total. The van der Waals surface area contributed by atoms with Crippen molar-refractivity contribution in [3.8, 4) is 5.69 Å². The molecule has 6 heteroatoms. The SMILES string of the molecule is Cc1cc(Br)ccc1-n1cc(C(=O)O)c(C2CCOC2)n1. The van der Waals surface area contributed by atoms with Crippen molar-refractivity contribution in [2.75, 3.05) is 13.2 Å². The van der Waals surface area contributed by atoms with Gasteiger partial charge in [-0.3, -0.25) is 0 Å². The third-order valence-electron chi connectivity index (χ3n) is 3.70. The zero-order valence-electron chi connectivity index (χ0n) is 11.5. The van der Waals surface area contributed by atoms with Crippen molar-refractivity contribution in [3.63, 3.8) is 0 Å². The molecule has 0 aliphatic carbocycles. The van der Waals surface area contributed by atoms with Crippen LogP contribution in [0.2, 0.25) is 0 Å². The molecule has 110 valence electrons. The first kappa shape index (κ1) is 14.3. The molecule has 1 fully saturated rings. The molecule has 0 amide bonds. The van der Waals surface area contributed by atoms with Gasteiger partial charge in [-0.25, -0.2) is 9.48 Å². The minimum atomic E-state index is -0.946. The van der Waals surface area contributed by atoms with Crippen LogP contribution in [0.3, 0.4) is 0 Å². The van der Waals surface area contributed by atoms with E-state index in [1.54, 1.807) is 10.9 Å². The number of aromatic carboxylic acids is 1. The summed E-state index contributed by atoms with van der Waals surface area (Å²) in [5.41, 5.74) is 2.78. The van der Waals surface area contributed by atoms with E-state index in [4.69, 9.17) is 4.74 Å². The number of ether oxygens (including phenoxy) is 1. The molecule has 1 unspecified atom stereocenters. The van der Waals surface area contributed by atoms with E-state index in [0.717, 1.165) is 22.1 Å². The van der Waals surface area contributed by atoms with Crippen molar-refractivity contribution in [1.82, 2.24) is 9.78 Å². The maximum Gasteiger partial charge on any atom is 0.339 e. The molecule has 1 atom stereocenters. The molecule has 1 aliphatic heterocycles. The topological polar surface area (TPSA) is 64.4 Å². The molecule has 0 radical (unpaired) electrons. The lowest BCUT2D eigenvalue weighted by Gasteiger charge is -2.07. The molecule has 0 spiro atoms. The number of halogens is 1. The zero-order valence-corrected chi connectivity index (χ0v) is 13.1. The van der Waals surface area contributed by atoms with Gasteiger partial charge >= 0.3 is 5.97 Å². The number of carboxylic acids is 1. The molecule has 2 aromatic rings. The third kappa shape index (κ3) is 2.73. The van der Waals surface area contributed by atoms with Crippen LogP contribution < -0.4 is 0 Å². The van der Waals surface area contributed by atoms with Crippen molar-refractivity contribution in [2.24, 2.45) is 0 Å². The number of rotatable bonds is 3. The summed E-state index contributed by atoms with van der Waals surface area (Å²) >= 11 is 3.43. The summed E-state index contributed by atoms with van der Waals surface area (Å²) < 4.78 is 7.99. The van der Waals surface area contributed by atoms with E-state index in [1.165, 1.54) is 0 Å². The number of carbonyl (C=O) groups is 1. The fraction of sp³-hybridized carbons (Fsp3) is 0.333. The van der Waals surface area contributed by atoms with Gasteiger partial charge in [0.05, 0.1) is 18.0 Å². The fourth-order valence-electron chi connectivity index (χ4n) is 2.60. The Labute approximate surface area is 130 Å². The number of nitrogens with zero attached hydrogens (tertiary/aromatic N) is 2. The van der Waals surface area contributed by atoms with Gasteiger partial charge in [0, 0.05) is 23.2 Å². The molecule has 1 aromatic carbocycles. The van der Waals surface area contributed by atoms with Crippen molar-refractivity contribution < 1.29 is 14.6 Å². The maximum atomic E-state index is 11.5. The lowest BCUT2D eigenvalue weighted by atomic mass is 10.0. The predicted octanol–water partition coefficient (Wildman–Crippen LogP) is 3.15. The van der Waals surface area contributed by atoms with Gasteiger partial charge in [0.15, 0.2) is 0 Å². The van der Waals surface area contributed by atoms with Crippen molar-refractivity contribution in [2.45, 2.75) is 19.3 Å². The Bertz CT molecular complexity index is 690. The highest BCUT2D eigenvalue weighted by atomic mass is 79.9. The summed E-state index contributed by atoms with van der Waals surface area (Å²) in [6, 6.07) is 5.82. The van der Waals surface area contributed by atoms with E-state index in [9.17, 15) is 9.90 Å². The Morgan fingerprint density at radius 3 is 2.95 bits per heavy atom. The molecule has 0 bridgehead atoms. The van der Waals surface area contributed by atoms with E-state index in [2.05, 4.69) is 21.0 Å². The number of hydrogen-bond acceptors (Lipinski definition) is 3. The second-order valence-electron chi connectivity index (χ2n) is 5.17. The number of hydrogen-bond donors (Lipinski definition) is 1. The lowest BCUT2D eigenvalue weighted by molar-refractivity contribution is 0.0695. The molecular formula is C15H15BrN2O3. The second-order valence-corrected chi connectivity index (χ2v) is 6.08. The van der Waals surface area contributed by atoms with Crippen LogP contribution in [0, 0.1) is 6.92 Å². The summed E-state index contributed by atoms with van der Waals surface area (Å²) in [5, 5.41) is 13.9. The monoisotopic (exact) mass is 350 g/mol. The Balaban J connectivity index is 2.07. The highest BCUT2D eigenvalue weighted by Crippen LogP contribution is 2.28. The summed E-state index contributed by atoms with van der Waals surface area (Å²) in [7, 11) is 0. The van der Waals surface area contributed by atoms with Crippen LogP contribution in [-0.2, 0) is 4.74 Å². The number of carboxylic acid groups (broad SMARTS) is 1. The Morgan fingerprint density at radius 1 is 1.52 bits per heavy atom. The average Bonchev–Trinajstić information content (AvgIpc) is 3.07. The van der Waals surface area contributed by atoms with Crippen LogP contribution in [0.25, 0.3) is 5.69 Å². The van der Waals surface area contributed by atoms with E-state index >= 15 is 0 Å². The van der Waals surface area contributed by atoms with Gasteiger partial charge in [0.2, 0.25) is 0 Å². The summed E-state index contributed by atoms with van der Waals surface area (Å²) in [6.45, 7) is 3.17. The van der Waals surface area contributed by atoms with Gasteiger partial charge < -0.3 is 9.84 Å². The van der Waals surface area contributed by atoms with Crippen molar-refractivity contribution in [1.29, 1.82) is 0 Å². The quantitative estimate of drug-likeness (QED) is 0.923. The highest BCUT2D eigenvalue weighted by molar-refractivity contribution is 9.10. The van der Waals surface area contributed by atoms with E-state index in [0.29, 0.717) is 18.9 Å². The Morgan fingerprint density at radius 2 is 2.33 bits per heavy atom. The highest BCUT2D eigenvalue weighted by Gasteiger charge is 2.27. The zero-order chi connectivity index (χ0) is 15.0. The van der Waals surface area contributed by atoms with Crippen LogP contribution in [-0.4, -0.2) is 34.1 Å². The van der Waals surface area contributed by atoms with Gasteiger partial charge in [-0.05, 0) is 37.1 Å². The van der Waals surface area contributed by atoms with Gasteiger partial charge in [-0.15, -0.1) is 0 Å². The minimum absolute atomic E-state index is 0.0631. The second kappa shape index (κ2) is 5.61. The summed E-state index contributed by atoms with van der Waals surface area (Å²) in [4.78, 5) is 11.5. The molecule has 0 saturated carbocycles. The number of benzene rings is 1. The van der Waals surface area contributed by atoms with Crippen LogP contribution >= 0.6 is 15.9 Å². The predicted molar refractivity (Wildman–Crippen MR) is 81.1 cm³/mol. The van der Waals surface area contributed by atoms with Gasteiger partial charge in [-0.2, -0.15) is 5.10 Å². The lowest BCUT2D eigenvalue weighted by Crippen LogP contribution is -2.06. The minimum Gasteiger partial charge on any atom is -0.478 e. The number of aromatic nitrogens is 2. The van der Waals surface area contributed by atoms with Gasteiger partial charge in [-0.1, -0.05) is 15.9 Å². The van der Waals surface area contributed by atoms with Crippen LogP contribution in [0.15, 0.2) is 28.9 Å². The van der Waals surface area contributed by atoms with Crippen LogP contribution in [0.4, 0.5) is 0 Å². The van der Waals surface area contributed by atoms with Crippen molar-refractivity contribution in [3.05, 3.63) is 45.7 Å². The van der Waals surface area contributed by atoms with E-state index < -0.39 is 5.97 Å². The maximum absolute atomic E-state index is 11.5. The summed E-state index contributed by atoms with van der Waals surface area (Å²) in [5.74, 6) is -0.883. The fourth-order valence-corrected chi connectivity index (χ4v) is 3.08. The average molecular weight is 351 g/mol. The largest absolute Gasteiger partial charge is 0.478 e. The van der Waals surface area contributed by atoms with E-state index in [-0.39, 0.29) is 11.5 Å². The van der Waals surface area contributed by atoms with Crippen LogP contribution in [0.1, 0.15) is 34.0 Å². The first-order chi connectivity index (χ1) is 10.1. The Hall–Kier alpha value is -1.66. The van der Waals surface area contributed by atoms with Crippen LogP contribution in [0.5, 0.6) is 0 Å². The van der Waals surface area contributed by atoms with E-state index in [1.807, 2.05) is 25.1 Å². The first-order valence-corrected chi connectivity index (χ1v) is 7.52. The van der Waals surface area contributed by atoms with Crippen molar-refractivity contribution >= 4 is 21.9 Å². The first-order valence-electron chi connectivity index (χ1n) is 6.73. The molecule has 1 N–H and O–H groups in total. The third-order valence-corrected chi connectivity index (χ3v) is 4.19. The molecule has 1 aromatic heterocycles.